The van der Waals surface area contributed by atoms with E-state index in [-0.39, 0.29) is 47.4 Å². The number of ether oxygens (including phenoxy) is 2. The Morgan fingerprint density at radius 2 is 1.88 bits per heavy atom. The predicted octanol–water partition coefficient (Wildman–Crippen LogP) is 5.06. The van der Waals surface area contributed by atoms with Crippen LogP contribution >= 0.6 is 0 Å². The first kappa shape index (κ1) is 22.6. The third-order valence-corrected chi connectivity index (χ3v) is 4.73. The van der Waals surface area contributed by atoms with E-state index in [0.717, 1.165) is 12.1 Å². The number of halogens is 5. The molecule has 0 amide bonds. The summed E-state index contributed by atoms with van der Waals surface area (Å²) < 4.78 is 83.2. The van der Waals surface area contributed by atoms with Gasteiger partial charge in [-0.1, -0.05) is 11.2 Å². The first-order chi connectivity index (χ1) is 15.8. The zero-order valence-corrected chi connectivity index (χ0v) is 17.1. The first-order valence-electron chi connectivity index (χ1n) is 9.61. The zero-order valence-electron chi connectivity index (χ0n) is 17.1. The molecule has 1 unspecified atom stereocenters. The number of aromatic nitrogens is 1. The van der Waals surface area contributed by atoms with Crippen LogP contribution in [0.5, 0.6) is 5.75 Å². The van der Waals surface area contributed by atoms with Gasteiger partial charge in [-0.15, -0.1) is 0 Å². The van der Waals surface area contributed by atoms with Crippen LogP contribution in [-0.4, -0.2) is 37.2 Å². The molecule has 0 aliphatic carbocycles. The van der Waals surface area contributed by atoms with Gasteiger partial charge in [-0.2, -0.15) is 13.2 Å². The number of hydrogen-bond acceptors (Lipinski definition) is 6. The smallest absolute Gasteiger partial charge is 0.417 e. The lowest BCUT2D eigenvalue weighted by atomic mass is 10.0. The van der Waals surface area contributed by atoms with Crippen LogP contribution in [0.2, 0.25) is 0 Å². The van der Waals surface area contributed by atoms with Crippen LogP contribution < -0.4 is 4.74 Å². The second kappa shape index (κ2) is 9.10. The number of alkyl halides is 3. The van der Waals surface area contributed by atoms with E-state index in [4.69, 9.17) is 14.0 Å². The maximum Gasteiger partial charge on any atom is 0.417 e. The highest BCUT2D eigenvalue weighted by molar-refractivity contribution is 6.07. The molecular formula is C22H16F5N3O3. The third kappa shape index (κ3) is 4.92. The van der Waals surface area contributed by atoms with Crippen LogP contribution in [0.3, 0.4) is 0 Å². The standard InChI is InChI=1S/C22H16F5N3O3/c1-31-11-32-13-5-6-15(17(8-13)22(25,26)27)19-9-14(33-30-19)7-12-10-28-21(29-12)16-3-2-4-18(23)20(16)24/h2-6,8-10,12H,7,11H2,1H3. The quantitative estimate of drug-likeness (QED) is 0.361. The fourth-order valence-electron chi connectivity index (χ4n) is 3.23. The molecule has 33 heavy (non-hydrogen) atoms. The molecule has 1 aromatic heterocycles. The lowest BCUT2D eigenvalue weighted by Crippen LogP contribution is -2.09. The predicted molar refractivity (Wildman–Crippen MR) is 108 cm³/mol. The number of methoxy groups -OCH3 is 1. The molecule has 0 radical (unpaired) electrons. The van der Waals surface area contributed by atoms with Crippen molar-refractivity contribution >= 4 is 12.1 Å². The molecule has 0 saturated carbocycles. The molecule has 11 heteroatoms. The summed E-state index contributed by atoms with van der Waals surface area (Å²) >= 11 is 0. The molecule has 0 spiro atoms. The van der Waals surface area contributed by atoms with Gasteiger partial charge in [0.25, 0.3) is 0 Å². The van der Waals surface area contributed by atoms with E-state index in [2.05, 4.69) is 15.1 Å². The molecule has 1 aliphatic heterocycles. The van der Waals surface area contributed by atoms with E-state index in [9.17, 15) is 22.0 Å². The second-order valence-electron chi connectivity index (χ2n) is 7.04. The topological polar surface area (TPSA) is 69.2 Å². The summed E-state index contributed by atoms with van der Waals surface area (Å²) in [5, 5.41) is 3.75. The fourth-order valence-corrected chi connectivity index (χ4v) is 3.23. The van der Waals surface area contributed by atoms with Crippen LogP contribution in [0, 0.1) is 11.6 Å². The summed E-state index contributed by atoms with van der Waals surface area (Å²) in [5.41, 5.74) is -1.24. The van der Waals surface area contributed by atoms with E-state index < -0.39 is 29.4 Å². The van der Waals surface area contributed by atoms with Crippen molar-refractivity contribution in [3.8, 4) is 17.0 Å². The van der Waals surface area contributed by atoms with Crippen molar-refractivity contribution in [2.24, 2.45) is 9.98 Å². The lowest BCUT2D eigenvalue weighted by Gasteiger charge is -2.13. The number of rotatable bonds is 7. The van der Waals surface area contributed by atoms with Crippen LogP contribution in [0.15, 0.2) is 57.0 Å². The molecule has 0 fully saturated rings. The van der Waals surface area contributed by atoms with Crippen molar-refractivity contribution in [2.75, 3.05) is 13.9 Å². The van der Waals surface area contributed by atoms with Crippen LogP contribution in [0.4, 0.5) is 22.0 Å². The monoisotopic (exact) mass is 465 g/mol. The minimum absolute atomic E-state index is 0.00902. The highest BCUT2D eigenvalue weighted by atomic mass is 19.4. The molecule has 2 aromatic carbocycles. The Hall–Kier alpha value is -3.60. The maximum atomic E-state index is 14.0. The average molecular weight is 465 g/mol. The summed E-state index contributed by atoms with van der Waals surface area (Å²) in [7, 11) is 1.35. The second-order valence-corrected chi connectivity index (χ2v) is 7.04. The van der Waals surface area contributed by atoms with Gasteiger partial charge < -0.3 is 14.0 Å². The Kier molecular flexibility index (Phi) is 6.23. The minimum atomic E-state index is -4.66. The van der Waals surface area contributed by atoms with Gasteiger partial charge in [0.2, 0.25) is 0 Å². The summed E-state index contributed by atoms with van der Waals surface area (Å²) in [6.07, 6.45) is -3.12. The van der Waals surface area contributed by atoms with E-state index in [0.29, 0.717) is 0 Å². The Balaban J connectivity index is 1.55. The summed E-state index contributed by atoms with van der Waals surface area (Å²) in [6.45, 7) is -0.199. The first-order valence-corrected chi connectivity index (χ1v) is 9.61. The summed E-state index contributed by atoms with van der Waals surface area (Å²) in [4.78, 5) is 8.24. The van der Waals surface area contributed by atoms with Gasteiger partial charge in [0.1, 0.15) is 17.2 Å². The van der Waals surface area contributed by atoms with Gasteiger partial charge >= 0.3 is 6.18 Å². The number of aliphatic imine (C=N–C) groups is 2. The molecule has 2 heterocycles. The van der Waals surface area contributed by atoms with E-state index in [1.165, 1.54) is 43.7 Å². The van der Waals surface area contributed by atoms with Crippen molar-refractivity contribution in [1.29, 1.82) is 0 Å². The number of benzene rings is 2. The average Bonchev–Trinajstić information content (AvgIpc) is 3.43. The number of amidine groups is 1. The Morgan fingerprint density at radius 3 is 2.64 bits per heavy atom. The Morgan fingerprint density at radius 1 is 1.06 bits per heavy atom. The van der Waals surface area contributed by atoms with Crippen molar-refractivity contribution in [2.45, 2.75) is 18.6 Å². The normalized spacial score (nSPS) is 15.7. The minimum Gasteiger partial charge on any atom is -0.468 e. The third-order valence-electron chi connectivity index (χ3n) is 4.73. The van der Waals surface area contributed by atoms with Gasteiger partial charge in [-0.25, -0.2) is 13.8 Å². The van der Waals surface area contributed by atoms with Crippen LogP contribution in [0.1, 0.15) is 16.9 Å². The Labute approximate surface area is 184 Å². The van der Waals surface area contributed by atoms with Crippen LogP contribution in [0.25, 0.3) is 11.3 Å². The van der Waals surface area contributed by atoms with E-state index >= 15 is 0 Å². The molecule has 3 aromatic rings. The van der Waals surface area contributed by atoms with E-state index in [1.807, 2.05) is 0 Å². The van der Waals surface area contributed by atoms with Gasteiger partial charge in [0, 0.05) is 31.4 Å². The highest BCUT2D eigenvalue weighted by Gasteiger charge is 2.35. The molecule has 172 valence electrons. The van der Waals surface area contributed by atoms with Gasteiger partial charge in [0.15, 0.2) is 24.3 Å². The summed E-state index contributed by atoms with van der Waals surface area (Å²) in [6, 6.07) is 7.92. The molecule has 0 N–H and O–H groups in total. The summed E-state index contributed by atoms with van der Waals surface area (Å²) in [5.74, 6) is -1.83. The molecule has 0 saturated heterocycles. The molecule has 1 aliphatic rings. The number of nitrogens with zero attached hydrogens (tertiary/aromatic N) is 3. The van der Waals surface area contributed by atoms with Crippen molar-refractivity contribution in [1.82, 2.24) is 5.16 Å². The zero-order chi connectivity index (χ0) is 23.6. The lowest BCUT2D eigenvalue weighted by molar-refractivity contribution is -0.137. The largest absolute Gasteiger partial charge is 0.468 e. The number of hydrogen-bond donors (Lipinski definition) is 0. The van der Waals surface area contributed by atoms with Crippen molar-refractivity contribution in [3.05, 3.63) is 71.0 Å². The van der Waals surface area contributed by atoms with Crippen molar-refractivity contribution in [3.63, 3.8) is 0 Å². The molecule has 1 atom stereocenters. The van der Waals surface area contributed by atoms with Crippen molar-refractivity contribution < 1.29 is 35.9 Å². The molecule has 6 nitrogen and oxygen atoms in total. The molecule has 0 bridgehead atoms. The molecule has 4 rings (SSSR count). The maximum absolute atomic E-state index is 14.0. The highest BCUT2D eigenvalue weighted by Crippen LogP contribution is 2.39. The van der Waals surface area contributed by atoms with Gasteiger partial charge in [-0.3, -0.25) is 4.99 Å². The fraction of sp³-hybridized carbons (Fsp3) is 0.227. The SMILES string of the molecule is COCOc1ccc(-c2cc(CC3C=NC(c4cccc(F)c4F)=N3)on2)c(C(F)(F)F)c1. The van der Waals surface area contributed by atoms with E-state index in [1.54, 1.807) is 0 Å². The molecular weight excluding hydrogens is 449 g/mol. The van der Waals surface area contributed by atoms with Crippen LogP contribution in [-0.2, 0) is 17.3 Å². The Bertz CT molecular complexity index is 1220. The van der Waals surface area contributed by atoms with Gasteiger partial charge in [-0.05, 0) is 30.3 Å². The van der Waals surface area contributed by atoms with Gasteiger partial charge in [0.05, 0.1) is 17.2 Å².